The number of aryl methyl sites for hydroxylation is 1. The first-order chi connectivity index (χ1) is 13.5. The quantitative estimate of drug-likeness (QED) is 0.575. The summed E-state index contributed by atoms with van der Waals surface area (Å²) >= 11 is 0. The Kier molecular flexibility index (Phi) is 6.70. The molecule has 0 bridgehead atoms. The Morgan fingerprint density at radius 2 is 1.75 bits per heavy atom. The summed E-state index contributed by atoms with van der Waals surface area (Å²) in [6.07, 6.45) is 3.88. The Morgan fingerprint density at radius 1 is 1.07 bits per heavy atom. The van der Waals surface area contributed by atoms with Gasteiger partial charge in [-0.2, -0.15) is 4.31 Å². The van der Waals surface area contributed by atoms with Crippen molar-refractivity contribution in [2.45, 2.75) is 44.0 Å². The van der Waals surface area contributed by atoms with E-state index in [9.17, 15) is 8.42 Å². The molecule has 2 aromatic carbocycles. The molecule has 0 amide bonds. The largest absolute Gasteiger partial charge is 0.370 e. The number of anilines is 1. The summed E-state index contributed by atoms with van der Waals surface area (Å²) in [4.78, 5) is 4.67. The van der Waals surface area contributed by atoms with Crippen LogP contribution in [-0.2, 0) is 23.0 Å². The number of hydrogen-bond acceptors (Lipinski definition) is 3. The molecule has 6 nitrogen and oxygen atoms in total. The fourth-order valence-corrected chi connectivity index (χ4v) is 5.04. The molecule has 1 saturated heterocycles. The van der Waals surface area contributed by atoms with Crippen molar-refractivity contribution in [3.8, 4) is 0 Å². The highest BCUT2D eigenvalue weighted by Gasteiger charge is 2.27. The van der Waals surface area contributed by atoms with Crippen LogP contribution in [0.5, 0.6) is 0 Å². The maximum absolute atomic E-state index is 13.0. The Bertz CT molecular complexity index is 918. The third-order valence-electron chi connectivity index (χ3n) is 4.96. The van der Waals surface area contributed by atoms with Gasteiger partial charge < -0.3 is 11.1 Å². The first-order valence-corrected chi connectivity index (χ1v) is 11.2. The summed E-state index contributed by atoms with van der Waals surface area (Å²) in [5.74, 6) is 0.259. The predicted molar refractivity (Wildman–Crippen MR) is 114 cm³/mol. The third-order valence-corrected chi connectivity index (χ3v) is 6.96. The molecule has 1 aliphatic rings. The number of sulfonamides is 1. The molecule has 3 N–H and O–H groups in total. The van der Waals surface area contributed by atoms with Crippen LogP contribution in [0.15, 0.2) is 58.4 Å². The highest BCUT2D eigenvalue weighted by Crippen LogP contribution is 2.24. The molecular formula is C21H28N4O2S. The number of aliphatic imine (C=N–C) groups is 1. The number of nitrogens with zero attached hydrogens (tertiary/aromatic N) is 2. The van der Waals surface area contributed by atoms with Crippen molar-refractivity contribution in [3.05, 3.63) is 59.7 Å². The first kappa shape index (κ1) is 20.4. The molecule has 2 aromatic rings. The van der Waals surface area contributed by atoms with E-state index in [-0.39, 0.29) is 12.5 Å². The zero-order chi connectivity index (χ0) is 20.0. The molecule has 3 rings (SSSR count). The second-order valence-electron chi connectivity index (χ2n) is 6.95. The summed E-state index contributed by atoms with van der Waals surface area (Å²) in [6, 6.07) is 15.0. The van der Waals surface area contributed by atoms with Crippen molar-refractivity contribution >= 4 is 21.7 Å². The van der Waals surface area contributed by atoms with Gasteiger partial charge in [0.15, 0.2) is 5.96 Å². The second-order valence-corrected chi connectivity index (χ2v) is 8.86. The summed E-state index contributed by atoms with van der Waals surface area (Å²) in [5, 5.41) is 3.05. The van der Waals surface area contributed by atoms with Crippen LogP contribution in [0.4, 0.5) is 5.69 Å². The fourth-order valence-electron chi connectivity index (χ4n) is 3.31. The van der Waals surface area contributed by atoms with Gasteiger partial charge in [-0.15, -0.1) is 0 Å². The van der Waals surface area contributed by atoms with Gasteiger partial charge in [0, 0.05) is 18.8 Å². The zero-order valence-corrected chi connectivity index (χ0v) is 17.1. The smallest absolute Gasteiger partial charge is 0.243 e. The number of piperidine rings is 1. The van der Waals surface area contributed by atoms with Crippen molar-refractivity contribution in [1.82, 2.24) is 4.31 Å². The van der Waals surface area contributed by atoms with E-state index in [1.54, 1.807) is 22.5 Å². The molecule has 150 valence electrons. The number of nitrogens with one attached hydrogen (secondary N) is 1. The number of rotatable bonds is 6. The lowest BCUT2D eigenvalue weighted by Crippen LogP contribution is -2.36. The molecular weight excluding hydrogens is 372 g/mol. The van der Waals surface area contributed by atoms with E-state index in [1.807, 2.05) is 30.3 Å². The van der Waals surface area contributed by atoms with Crippen LogP contribution in [0.1, 0.15) is 37.3 Å². The average Bonchev–Trinajstić information content (AvgIpc) is 2.73. The molecule has 1 fully saturated rings. The molecule has 0 unspecified atom stereocenters. The standard InChI is InChI=1S/C21H28N4O2S/c1-2-17-10-12-19(13-11-17)24-21(22)23-16-18-8-4-5-9-20(18)28(26,27)25-14-6-3-7-15-25/h4-5,8-13H,2-3,6-7,14-16H2,1H3,(H3,22,23,24). The van der Waals surface area contributed by atoms with Crippen LogP contribution < -0.4 is 11.1 Å². The van der Waals surface area contributed by atoms with Crippen LogP contribution in [0.3, 0.4) is 0 Å². The normalized spacial score (nSPS) is 16.1. The first-order valence-electron chi connectivity index (χ1n) is 9.74. The summed E-state index contributed by atoms with van der Waals surface area (Å²) in [6.45, 7) is 3.47. The van der Waals surface area contributed by atoms with E-state index in [2.05, 4.69) is 17.2 Å². The van der Waals surface area contributed by atoms with Crippen LogP contribution in [-0.4, -0.2) is 31.8 Å². The van der Waals surface area contributed by atoms with Gasteiger partial charge in [0.25, 0.3) is 0 Å². The van der Waals surface area contributed by atoms with E-state index in [1.165, 1.54) is 5.56 Å². The van der Waals surface area contributed by atoms with Crippen molar-refractivity contribution < 1.29 is 8.42 Å². The molecule has 0 aliphatic carbocycles. The van der Waals surface area contributed by atoms with E-state index in [0.717, 1.165) is 31.4 Å². The van der Waals surface area contributed by atoms with Crippen LogP contribution in [0.25, 0.3) is 0 Å². The molecule has 0 radical (unpaired) electrons. The molecule has 1 aliphatic heterocycles. The van der Waals surface area contributed by atoms with Crippen molar-refractivity contribution in [2.24, 2.45) is 10.7 Å². The lowest BCUT2D eigenvalue weighted by Gasteiger charge is -2.26. The fraction of sp³-hybridized carbons (Fsp3) is 0.381. The molecule has 7 heteroatoms. The van der Waals surface area contributed by atoms with Gasteiger partial charge >= 0.3 is 0 Å². The minimum atomic E-state index is -3.50. The molecule has 0 aromatic heterocycles. The van der Waals surface area contributed by atoms with Crippen molar-refractivity contribution in [1.29, 1.82) is 0 Å². The van der Waals surface area contributed by atoms with E-state index < -0.39 is 10.0 Å². The second kappa shape index (κ2) is 9.21. The van der Waals surface area contributed by atoms with Crippen molar-refractivity contribution in [2.75, 3.05) is 18.4 Å². The minimum absolute atomic E-state index is 0.203. The summed E-state index contributed by atoms with van der Waals surface area (Å²) in [7, 11) is -3.50. The van der Waals surface area contributed by atoms with Gasteiger partial charge in [-0.3, -0.25) is 0 Å². The van der Waals surface area contributed by atoms with Crippen LogP contribution >= 0.6 is 0 Å². The van der Waals surface area contributed by atoms with E-state index >= 15 is 0 Å². The summed E-state index contributed by atoms with van der Waals surface area (Å²) < 4.78 is 27.6. The Morgan fingerprint density at radius 3 is 2.43 bits per heavy atom. The van der Waals surface area contributed by atoms with Crippen molar-refractivity contribution in [3.63, 3.8) is 0 Å². The van der Waals surface area contributed by atoms with Crippen LogP contribution in [0.2, 0.25) is 0 Å². The maximum atomic E-state index is 13.0. The Hall–Kier alpha value is -2.38. The number of nitrogens with two attached hydrogens (primary N) is 1. The van der Waals surface area contributed by atoms with Gasteiger partial charge in [0.2, 0.25) is 10.0 Å². The Balaban J connectivity index is 1.74. The van der Waals surface area contributed by atoms with Gasteiger partial charge in [-0.1, -0.05) is 43.7 Å². The molecule has 0 saturated carbocycles. The zero-order valence-electron chi connectivity index (χ0n) is 16.3. The number of benzene rings is 2. The molecule has 1 heterocycles. The predicted octanol–water partition coefficient (Wildman–Crippen LogP) is 3.35. The monoisotopic (exact) mass is 400 g/mol. The highest BCUT2D eigenvalue weighted by molar-refractivity contribution is 7.89. The minimum Gasteiger partial charge on any atom is -0.370 e. The number of guanidine groups is 1. The Labute approximate surface area is 167 Å². The van der Waals surface area contributed by atoms with Crippen LogP contribution in [0, 0.1) is 0 Å². The van der Waals surface area contributed by atoms with Gasteiger partial charge in [0.1, 0.15) is 0 Å². The maximum Gasteiger partial charge on any atom is 0.243 e. The average molecular weight is 401 g/mol. The molecule has 0 spiro atoms. The highest BCUT2D eigenvalue weighted by atomic mass is 32.2. The van der Waals surface area contributed by atoms with Gasteiger partial charge in [-0.05, 0) is 48.6 Å². The third kappa shape index (κ3) is 4.91. The van der Waals surface area contributed by atoms with E-state index in [0.29, 0.717) is 23.5 Å². The van der Waals surface area contributed by atoms with Gasteiger partial charge in [0.05, 0.1) is 11.4 Å². The molecule has 28 heavy (non-hydrogen) atoms. The lowest BCUT2D eigenvalue weighted by molar-refractivity contribution is 0.346. The molecule has 0 atom stereocenters. The number of hydrogen-bond donors (Lipinski definition) is 2. The lowest BCUT2D eigenvalue weighted by atomic mass is 10.1. The topological polar surface area (TPSA) is 87.8 Å². The van der Waals surface area contributed by atoms with Gasteiger partial charge in [-0.25, -0.2) is 13.4 Å². The summed E-state index contributed by atoms with van der Waals surface area (Å²) in [5.41, 5.74) is 8.76. The van der Waals surface area contributed by atoms with E-state index in [4.69, 9.17) is 5.73 Å². The SMILES string of the molecule is CCc1ccc(NC(N)=NCc2ccccc2S(=O)(=O)N2CCCCC2)cc1.